The van der Waals surface area contributed by atoms with Gasteiger partial charge in [-0.25, -0.2) is 14.0 Å². The number of anilines is 1. The molecule has 1 saturated heterocycles. The van der Waals surface area contributed by atoms with E-state index in [1.165, 1.54) is 12.1 Å². The molecule has 1 aliphatic heterocycles. The Morgan fingerprint density at radius 3 is 2.76 bits per heavy atom. The number of nitrogens with one attached hydrogen (secondary N) is 1. The first-order chi connectivity index (χ1) is 9.95. The minimum atomic E-state index is -1.40. The molecule has 2 unspecified atom stereocenters. The van der Waals surface area contributed by atoms with Crippen LogP contribution in [-0.4, -0.2) is 34.1 Å². The van der Waals surface area contributed by atoms with Crippen molar-refractivity contribution < 1.29 is 19.1 Å². The second-order valence-electron chi connectivity index (χ2n) is 5.29. The molecule has 114 valence electrons. The fraction of sp³-hybridized carbons (Fsp3) is 0.467. The van der Waals surface area contributed by atoms with Gasteiger partial charge in [-0.15, -0.1) is 0 Å². The second-order valence-corrected chi connectivity index (χ2v) is 5.29. The number of benzene rings is 1. The third kappa shape index (κ3) is 2.99. The van der Waals surface area contributed by atoms with E-state index >= 15 is 0 Å². The van der Waals surface area contributed by atoms with Crippen LogP contribution in [0.15, 0.2) is 18.2 Å². The zero-order valence-electron chi connectivity index (χ0n) is 12.1. The summed E-state index contributed by atoms with van der Waals surface area (Å²) in [5.74, 6) is -2.26. The van der Waals surface area contributed by atoms with Crippen LogP contribution in [0.5, 0.6) is 0 Å². The van der Waals surface area contributed by atoms with Gasteiger partial charge < -0.3 is 15.3 Å². The largest absolute Gasteiger partial charge is 0.478 e. The Morgan fingerprint density at radius 2 is 2.14 bits per heavy atom. The highest BCUT2D eigenvalue weighted by atomic mass is 19.1. The minimum Gasteiger partial charge on any atom is -0.478 e. The lowest BCUT2D eigenvalue weighted by Crippen LogP contribution is -2.42. The van der Waals surface area contributed by atoms with Crippen molar-refractivity contribution in [2.24, 2.45) is 0 Å². The van der Waals surface area contributed by atoms with Gasteiger partial charge in [-0.05, 0) is 38.3 Å². The average molecular weight is 294 g/mol. The maximum atomic E-state index is 13.6. The molecule has 2 amide bonds. The number of hydrogen-bond acceptors (Lipinski definition) is 2. The predicted octanol–water partition coefficient (Wildman–Crippen LogP) is 3.32. The molecule has 0 bridgehead atoms. The van der Waals surface area contributed by atoms with Crippen LogP contribution in [0, 0.1) is 5.82 Å². The molecule has 0 aliphatic carbocycles. The van der Waals surface area contributed by atoms with Gasteiger partial charge in [0.25, 0.3) is 0 Å². The van der Waals surface area contributed by atoms with E-state index in [1.807, 2.05) is 13.8 Å². The Balaban J connectivity index is 2.24. The van der Waals surface area contributed by atoms with E-state index in [4.69, 9.17) is 5.11 Å². The zero-order valence-corrected chi connectivity index (χ0v) is 12.1. The zero-order chi connectivity index (χ0) is 15.6. The van der Waals surface area contributed by atoms with Crippen LogP contribution in [0.4, 0.5) is 14.9 Å². The molecule has 0 saturated carbocycles. The number of halogens is 1. The maximum absolute atomic E-state index is 13.6. The lowest BCUT2D eigenvalue weighted by atomic mass is 10.1. The number of hydrogen-bond donors (Lipinski definition) is 2. The van der Waals surface area contributed by atoms with Gasteiger partial charge in [0.1, 0.15) is 11.4 Å². The molecule has 0 spiro atoms. The monoisotopic (exact) mass is 294 g/mol. The molecule has 1 fully saturated rings. The Hall–Kier alpha value is -2.11. The second kappa shape index (κ2) is 6.11. The van der Waals surface area contributed by atoms with Crippen LogP contribution in [0.25, 0.3) is 0 Å². The quantitative estimate of drug-likeness (QED) is 0.898. The normalized spacial score (nSPS) is 21.4. The van der Waals surface area contributed by atoms with Gasteiger partial charge in [-0.2, -0.15) is 0 Å². The molecule has 0 radical (unpaired) electrons. The topological polar surface area (TPSA) is 69.6 Å². The van der Waals surface area contributed by atoms with E-state index in [1.54, 1.807) is 4.90 Å². The van der Waals surface area contributed by atoms with Crippen LogP contribution in [0.2, 0.25) is 0 Å². The Bertz CT molecular complexity index is 562. The number of urea groups is 1. The number of aromatic carboxylic acids is 1. The van der Waals surface area contributed by atoms with Crippen LogP contribution in [-0.2, 0) is 0 Å². The molecular weight excluding hydrogens is 275 g/mol. The molecule has 1 aromatic rings. The highest BCUT2D eigenvalue weighted by molar-refractivity contribution is 6.00. The average Bonchev–Trinajstić information content (AvgIpc) is 2.79. The summed E-state index contributed by atoms with van der Waals surface area (Å²) in [6.45, 7) is 3.97. The molecule has 0 aromatic heterocycles. The predicted molar refractivity (Wildman–Crippen MR) is 77.0 cm³/mol. The van der Waals surface area contributed by atoms with E-state index in [0.717, 1.165) is 25.3 Å². The van der Waals surface area contributed by atoms with Gasteiger partial charge in [-0.1, -0.05) is 13.0 Å². The van der Waals surface area contributed by atoms with Crippen molar-refractivity contribution in [3.8, 4) is 0 Å². The van der Waals surface area contributed by atoms with Crippen LogP contribution >= 0.6 is 0 Å². The summed E-state index contributed by atoms with van der Waals surface area (Å²) in [5.41, 5.74) is -0.521. The standard InChI is InChI=1S/C15H19FN2O3/c1-3-10-8-7-9(2)18(10)15(21)17-12-6-4-5-11(16)13(12)14(19)20/h4-6,9-10H,3,7-8H2,1-2H3,(H,17,21)(H,19,20). The van der Waals surface area contributed by atoms with E-state index in [2.05, 4.69) is 5.32 Å². The van der Waals surface area contributed by atoms with Crippen LogP contribution in [0.3, 0.4) is 0 Å². The number of rotatable bonds is 3. The van der Waals surface area contributed by atoms with Crippen molar-refractivity contribution in [2.75, 3.05) is 5.32 Å². The molecule has 6 heteroatoms. The van der Waals surface area contributed by atoms with E-state index in [-0.39, 0.29) is 23.8 Å². The van der Waals surface area contributed by atoms with E-state index in [9.17, 15) is 14.0 Å². The van der Waals surface area contributed by atoms with Crippen LogP contribution < -0.4 is 5.32 Å². The van der Waals surface area contributed by atoms with Gasteiger partial charge in [0.15, 0.2) is 0 Å². The smallest absolute Gasteiger partial charge is 0.340 e. The summed E-state index contributed by atoms with van der Waals surface area (Å²) in [5, 5.41) is 11.6. The molecule has 1 aromatic carbocycles. The van der Waals surface area contributed by atoms with Crippen LogP contribution in [0.1, 0.15) is 43.5 Å². The maximum Gasteiger partial charge on any atom is 0.340 e. The van der Waals surface area contributed by atoms with Gasteiger partial charge in [-0.3, -0.25) is 0 Å². The third-order valence-corrected chi connectivity index (χ3v) is 3.96. The molecule has 2 atom stereocenters. The lowest BCUT2D eigenvalue weighted by Gasteiger charge is -2.28. The molecule has 2 N–H and O–H groups in total. The van der Waals surface area contributed by atoms with Crippen molar-refractivity contribution in [1.29, 1.82) is 0 Å². The van der Waals surface area contributed by atoms with Crippen molar-refractivity contribution in [2.45, 2.75) is 45.2 Å². The van der Waals surface area contributed by atoms with Gasteiger partial charge >= 0.3 is 12.0 Å². The summed E-state index contributed by atoms with van der Waals surface area (Å²) in [6.07, 6.45) is 2.69. The molecule has 1 aliphatic rings. The molecule has 2 rings (SSSR count). The first-order valence-electron chi connectivity index (χ1n) is 7.06. The van der Waals surface area contributed by atoms with Crippen molar-refractivity contribution in [3.63, 3.8) is 0 Å². The van der Waals surface area contributed by atoms with Gasteiger partial charge in [0.2, 0.25) is 0 Å². The van der Waals surface area contributed by atoms with Crippen molar-refractivity contribution in [3.05, 3.63) is 29.6 Å². The Morgan fingerprint density at radius 1 is 1.43 bits per heavy atom. The fourth-order valence-electron chi connectivity index (χ4n) is 2.86. The number of nitrogens with zero attached hydrogens (tertiary/aromatic N) is 1. The van der Waals surface area contributed by atoms with Gasteiger partial charge in [0.05, 0.1) is 5.69 Å². The SMILES string of the molecule is CCC1CCC(C)N1C(=O)Nc1cccc(F)c1C(=O)O. The van der Waals surface area contributed by atoms with Gasteiger partial charge in [0, 0.05) is 12.1 Å². The summed E-state index contributed by atoms with van der Waals surface area (Å²) >= 11 is 0. The van der Waals surface area contributed by atoms with Crippen molar-refractivity contribution >= 4 is 17.7 Å². The van der Waals surface area contributed by atoms with Crippen molar-refractivity contribution in [1.82, 2.24) is 4.90 Å². The number of likely N-dealkylation sites (tertiary alicyclic amines) is 1. The highest BCUT2D eigenvalue weighted by Crippen LogP contribution is 2.27. The summed E-state index contributed by atoms with van der Waals surface area (Å²) in [4.78, 5) is 25.2. The summed E-state index contributed by atoms with van der Waals surface area (Å²) in [7, 11) is 0. The summed E-state index contributed by atoms with van der Waals surface area (Å²) < 4.78 is 13.6. The Labute approximate surface area is 122 Å². The summed E-state index contributed by atoms with van der Waals surface area (Å²) in [6, 6.07) is 3.69. The molecule has 1 heterocycles. The molecular formula is C15H19FN2O3. The third-order valence-electron chi connectivity index (χ3n) is 3.96. The Kier molecular flexibility index (Phi) is 4.45. The molecule has 5 nitrogen and oxygen atoms in total. The number of carbonyl (C=O) groups is 2. The first-order valence-corrected chi connectivity index (χ1v) is 7.06. The van der Waals surface area contributed by atoms with E-state index in [0.29, 0.717) is 0 Å². The fourth-order valence-corrected chi connectivity index (χ4v) is 2.86. The number of carboxylic acid groups (broad SMARTS) is 1. The highest BCUT2D eigenvalue weighted by Gasteiger charge is 2.33. The van der Waals surface area contributed by atoms with E-state index < -0.39 is 17.3 Å². The molecule has 21 heavy (non-hydrogen) atoms. The first kappa shape index (κ1) is 15.3. The number of amides is 2. The number of carboxylic acids is 1. The lowest BCUT2D eigenvalue weighted by molar-refractivity contribution is 0.0693. The minimum absolute atomic E-state index is 0.0125. The number of carbonyl (C=O) groups excluding carboxylic acids is 1.